The Morgan fingerprint density at radius 1 is 0.500 bits per heavy atom. The molecule has 0 N–H and O–H groups in total. The van der Waals surface area contributed by atoms with Gasteiger partial charge in [-0.2, -0.15) is 0 Å². The molecule has 0 amide bonds. The van der Waals surface area contributed by atoms with Crippen molar-refractivity contribution in [3.63, 3.8) is 0 Å². The second-order valence-corrected chi connectivity index (χ2v) is 8.37. The predicted molar refractivity (Wildman–Crippen MR) is 130 cm³/mol. The molecule has 0 bridgehead atoms. The molecule has 6 rings (SSSR count). The van der Waals surface area contributed by atoms with E-state index < -0.39 is 0 Å². The maximum Gasteiger partial charge on any atom is 0.143 e. The van der Waals surface area contributed by atoms with Crippen LogP contribution in [0.15, 0.2) is 112 Å². The number of hydrogen-bond acceptors (Lipinski definition) is 1. The second kappa shape index (κ2) is 6.86. The molecule has 6 aromatic rings. The quantitative estimate of drug-likeness (QED) is 0.257. The topological polar surface area (TPSA) is 13.1 Å². The Hall–Kier alpha value is -3.36. The van der Waals surface area contributed by atoms with Crippen LogP contribution in [0.3, 0.4) is 0 Å². The van der Waals surface area contributed by atoms with Crippen molar-refractivity contribution in [2.45, 2.75) is 0 Å². The van der Waals surface area contributed by atoms with Gasteiger partial charge < -0.3 is 4.42 Å². The lowest BCUT2D eigenvalue weighted by Crippen LogP contribution is -1.83. The van der Waals surface area contributed by atoms with Gasteiger partial charge in [0.25, 0.3) is 0 Å². The fraction of sp³-hybridized carbons (Fsp3) is 0. The van der Waals surface area contributed by atoms with E-state index in [-0.39, 0.29) is 0 Å². The van der Waals surface area contributed by atoms with Crippen LogP contribution in [-0.2, 0) is 0 Å². The van der Waals surface area contributed by atoms with Gasteiger partial charge in [-0.15, -0.1) is 0 Å². The van der Waals surface area contributed by atoms with E-state index in [1.165, 1.54) is 10.8 Å². The van der Waals surface area contributed by atoms with E-state index in [9.17, 15) is 0 Å². The number of hydrogen-bond donors (Lipinski definition) is 0. The van der Waals surface area contributed by atoms with Crippen molar-refractivity contribution in [1.29, 1.82) is 0 Å². The summed E-state index contributed by atoms with van der Waals surface area (Å²) in [6.45, 7) is 0. The molecule has 0 fully saturated rings. The highest BCUT2D eigenvalue weighted by Gasteiger charge is 2.16. The Balaban J connectivity index is 1.66. The molecule has 0 atom stereocenters. The monoisotopic (exact) mass is 448 g/mol. The van der Waals surface area contributed by atoms with Crippen LogP contribution >= 0.6 is 15.9 Å². The van der Waals surface area contributed by atoms with E-state index in [2.05, 4.69) is 113 Å². The smallest absolute Gasteiger partial charge is 0.143 e. The van der Waals surface area contributed by atoms with Gasteiger partial charge in [-0.3, -0.25) is 0 Å². The molecule has 1 heterocycles. The summed E-state index contributed by atoms with van der Waals surface area (Å²) in [5, 5.41) is 4.72. The molecule has 0 spiro atoms. The molecule has 2 heteroatoms. The van der Waals surface area contributed by atoms with Crippen molar-refractivity contribution in [2.75, 3.05) is 0 Å². The van der Waals surface area contributed by atoms with Crippen molar-refractivity contribution in [3.8, 4) is 22.3 Å². The number of fused-ring (bicyclic) bond motifs is 4. The molecular formula is C28H17BrO. The van der Waals surface area contributed by atoms with Gasteiger partial charge in [0.1, 0.15) is 11.2 Å². The lowest BCUT2D eigenvalue weighted by atomic mass is 9.98. The summed E-state index contributed by atoms with van der Waals surface area (Å²) in [6.07, 6.45) is 0. The molecular weight excluding hydrogens is 432 g/mol. The normalized spacial score (nSPS) is 11.5. The summed E-state index contributed by atoms with van der Waals surface area (Å²) in [7, 11) is 0. The number of furan rings is 1. The van der Waals surface area contributed by atoms with Crippen LogP contribution in [0, 0.1) is 0 Å². The van der Waals surface area contributed by atoms with Gasteiger partial charge in [-0.25, -0.2) is 0 Å². The molecule has 142 valence electrons. The van der Waals surface area contributed by atoms with Gasteiger partial charge in [-0.05, 0) is 28.5 Å². The molecule has 1 nitrogen and oxygen atoms in total. The molecule has 0 saturated carbocycles. The van der Waals surface area contributed by atoms with E-state index in [1.807, 2.05) is 6.07 Å². The Morgan fingerprint density at radius 3 is 1.83 bits per heavy atom. The average Bonchev–Trinajstić information content (AvgIpc) is 3.18. The molecule has 0 radical (unpaired) electrons. The van der Waals surface area contributed by atoms with E-state index >= 15 is 0 Å². The van der Waals surface area contributed by atoms with Gasteiger partial charge in [0.05, 0.1) is 0 Å². The fourth-order valence-electron chi connectivity index (χ4n) is 4.30. The molecule has 1 aromatic heterocycles. The first-order valence-corrected chi connectivity index (χ1v) is 10.8. The lowest BCUT2D eigenvalue weighted by Gasteiger charge is -2.08. The van der Waals surface area contributed by atoms with Gasteiger partial charge in [0.2, 0.25) is 0 Å². The molecule has 5 aromatic carbocycles. The van der Waals surface area contributed by atoms with Gasteiger partial charge in [-0.1, -0.05) is 107 Å². The van der Waals surface area contributed by atoms with Crippen LogP contribution < -0.4 is 0 Å². The highest BCUT2D eigenvalue weighted by Crippen LogP contribution is 2.42. The lowest BCUT2D eigenvalue weighted by molar-refractivity contribution is 0.671. The predicted octanol–water partition coefficient (Wildman–Crippen LogP) is 8.84. The summed E-state index contributed by atoms with van der Waals surface area (Å²) in [5.41, 5.74) is 6.37. The molecule has 0 aliphatic rings. The Kier molecular flexibility index (Phi) is 4.00. The largest absolute Gasteiger partial charge is 0.455 e. The van der Waals surface area contributed by atoms with E-state index in [4.69, 9.17) is 4.42 Å². The molecule has 0 aliphatic carbocycles. The number of rotatable bonds is 2. The van der Waals surface area contributed by atoms with E-state index in [0.717, 1.165) is 48.7 Å². The Bertz CT molecular complexity index is 1540. The minimum atomic E-state index is 0.923. The maximum absolute atomic E-state index is 6.57. The average molecular weight is 449 g/mol. The Morgan fingerprint density at radius 2 is 1.10 bits per heavy atom. The van der Waals surface area contributed by atoms with Gasteiger partial charge in [0, 0.05) is 31.9 Å². The van der Waals surface area contributed by atoms with Crippen LogP contribution in [-0.4, -0.2) is 0 Å². The highest BCUT2D eigenvalue weighted by molar-refractivity contribution is 9.10. The van der Waals surface area contributed by atoms with Gasteiger partial charge in [0.15, 0.2) is 0 Å². The first kappa shape index (κ1) is 17.5. The SMILES string of the molecule is Brc1cc2ccccc2cc1-c1cccc2c1oc1c(-c3ccccc3)cccc12. The third kappa shape index (κ3) is 2.68. The molecule has 0 saturated heterocycles. The summed E-state index contributed by atoms with van der Waals surface area (Å²) >= 11 is 3.79. The zero-order valence-corrected chi connectivity index (χ0v) is 17.7. The Labute approximate surface area is 182 Å². The van der Waals surface area contributed by atoms with Gasteiger partial charge >= 0.3 is 0 Å². The third-order valence-electron chi connectivity index (χ3n) is 5.73. The molecule has 0 unspecified atom stereocenters. The van der Waals surface area contributed by atoms with Crippen LogP contribution in [0.5, 0.6) is 0 Å². The van der Waals surface area contributed by atoms with E-state index in [1.54, 1.807) is 0 Å². The summed E-state index contributed by atoms with van der Waals surface area (Å²) in [5.74, 6) is 0. The zero-order chi connectivity index (χ0) is 20.1. The van der Waals surface area contributed by atoms with Crippen LogP contribution in [0.2, 0.25) is 0 Å². The highest BCUT2D eigenvalue weighted by atomic mass is 79.9. The minimum Gasteiger partial charge on any atom is -0.455 e. The van der Waals surface area contributed by atoms with Crippen molar-refractivity contribution in [3.05, 3.63) is 108 Å². The standard InChI is InChI=1S/C28H17BrO/c29-26-17-20-11-5-4-10-19(20)16-25(26)24-15-7-14-23-22-13-6-12-21(27(22)30-28(23)24)18-8-2-1-3-9-18/h1-17H. The molecule has 0 aliphatic heterocycles. The minimum absolute atomic E-state index is 0.923. The fourth-order valence-corrected chi connectivity index (χ4v) is 4.87. The van der Waals surface area contributed by atoms with Crippen molar-refractivity contribution >= 4 is 48.6 Å². The zero-order valence-electron chi connectivity index (χ0n) is 16.1. The number of halogens is 1. The number of benzene rings is 5. The van der Waals surface area contributed by atoms with Crippen LogP contribution in [0.25, 0.3) is 55.0 Å². The van der Waals surface area contributed by atoms with Crippen molar-refractivity contribution in [1.82, 2.24) is 0 Å². The first-order chi connectivity index (χ1) is 14.8. The summed E-state index contributed by atoms with van der Waals surface area (Å²) in [6, 6.07) is 36.1. The maximum atomic E-state index is 6.57. The second-order valence-electron chi connectivity index (χ2n) is 7.51. The van der Waals surface area contributed by atoms with Crippen LogP contribution in [0.4, 0.5) is 0 Å². The van der Waals surface area contributed by atoms with Crippen molar-refractivity contribution < 1.29 is 4.42 Å². The number of para-hydroxylation sites is 2. The molecule has 30 heavy (non-hydrogen) atoms. The third-order valence-corrected chi connectivity index (χ3v) is 6.39. The summed E-state index contributed by atoms with van der Waals surface area (Å²) in [4.78, 5) is 0. The van der Waals surface area contributed by atoms with E-state index in [0.29, 0.717) is 0 Å². The van der Waals surface area contributed by atoms with Crippen LogP contribution in [0.1, 0.15) is 0 Å². The summed E-state index contributed by atoms with van der Waals surface area (Å²) < 4.78 is 7.64. The van der Waals surface area contributed by atoms with Crippen molar-refractivity contribution in [2.24, 2.45) is 0 Å². The first-order valence-electron chi connectivity index (χ1n) is 9.98.